The van der Waals surface area contributed by atoms with Crippen LogP contribution in [0.25, 0.3) is 11.0 Å². The van der Waals surface area contributed by atoms with E-state index in [0.29, 0.717) is 16.9 Å². The summed E-state index contributed by atoms with van der Waals surface area (Å²) in [5, 5.41) is -1.83. The molecule has 0 aliphatic carbocycles. The third kappa shape index (κ3) is 3.67. The SMILES string of the molecule is Cc1nc2ccccc2nc1COC(=O)[C@@H](C)S(=O)(=O)C(C)C. The van der Waals surface area contributed by atoms with Gasteiger partial charge in [0.2, 0.25) is 0 Å². The van der Waals surface area contributed by atoms with Crippen molar-refractivity contribution in [2.75, 3.05) is 0 Å². The molecule has 0 radical (unpaired) electrons. The first kappa shape index (κ1) is 17.3. The number of carbonyl (C=O) groups excluding carboxylic acids is 1. The molecule has 0 aliphatic rings. The second kappa shape index (κ2) is 6.62. The fourth-order valence-corrected chi connectivity index (χ4v) is 3.21. The molecule has 0 N–H and O–H groups in total. The van der Waals surface area contributed by atoms with E-state index in [1.54, 1.807) is 6.92 Å². The van der Waals surface area contributed by atoms with Gasteiger partial charge < -0.3 is 4.74 Å². The van der Waals surface area contributed by atoms with Crippen molar-refractivity contribution in [3.63, 3.8) is 0 Å². The Morgan fingerprint density at radius 1 is 1.13 bits per heavy atom. The van der Waals surface area contributed by atoms with E-state index < -0.39 is 26.3 Å². The number of benzene rings is 1. The summed E-state index contributed by atoms with van der Waals surface area (Å²) in [6.45, 7) is 6.10. The molecule has 2 rings (SSSR count). The quantitative estimate of drug-likeness (QED) is 0.778. The van der Waals surface area contributed by atoms with Gasteiger partial charge >= 0.3 is 5.97 Å². The summed E-state index contributed by atoms with van der Waals surface area (Å²) in [6, 6.07) is 7.38. The van der Waals surface area contributed by atoms with E-state index in [1.807, 2.05) is 24.3 Å². The van der Waals surface area contributed by atoms with Crippen molar-refractivity contribution in [2.24, 2.45) is 0 Å². The third-order valence-electron chi connectivity index (χ3n) is 3.68. The van der Waals surface area contributed by atoms with Crippen molar-refractivity contribution in [1.29, 1.82) is 0 Å². The number of nitrogens with zero attached hydrogens (tertiary/aromatic N) is 2. The van der Waals surface area contributed by atoms with Gasteiger partial charge in [-0.15, -0.1) is 0 Å². The van der Waals surface area contributed by atoms with Crippen LogP contribution in [-0.4, -0.2) is 34.9 Å². The van der Waals surface area contributed by atoms with Crippen LogP contribution in [0.2, 0.25) is 0 Å². The molecule has 1 atom stereocenters. The van der Waals surface area contributed by atoms with E-state index >= 15 is 0 Å². The summed E-state index contributed by atoms with van der Waals surface area (Å²) in [6.07, 6.45) is 0. The average Bonchev–Trinajstić information content (AvgIpc) is 2.51. The first-order valence-electron chi connectivity index (χ1n) is 7.35. The Balaban J connectivity index is 2.15. The Hall–Kier alpha value is -2.02. The summed E-state index contributed by atoms with van der Waals surface area (Å²) in [4.78, 5) is 20.8. The van der Waals surface area contributed by atoms with Crippen LogP contribution in [0.15, 0.2) is 24.3 Å². The molecule has 0 saturated carbocycles. The molecule has 0 amide bonds. The van der Waals surface area contributed by atoms with E-state index in [1.165, 1.54) is 20.8 Å². The summed E-state index contributed by atoms with van der Waals surface area (Å²) in [5.41, 5.74) is 2.63. The zero-order valence-electron chi connectivity index (χ0n) is 13.6. The van der Waals surface area contributed by atoms with Crippen LogP contribution < -0.4 is 0 Å². The van der Waals surface area contributed by atoms with Gasteiger partial charge in [-0.1, -0.05) is 12.1 Å². The Morgan fingerprint density at radius 2 is 1.70 bits per heavy atom. The Bertz CT molecular complexity index is 831. The van der Waals surface area contributed by atoms with Gasteiger partial charge in [0.05, 0.1) is 27.7 Å². The van der Waals surface area contributed by atoms with Crippen molar-refractivity contribution in [1.82, 2.24) is 9.97 Å². The van der Waals surface area contributed by atoms with Gasteiger partial charge in [-0.3, -0.25) is 4.79 Å². The number of esters is 1. The van der Waals surface area contributed by atoms with E-state index in [2.05, 4.69) is 9.97 Å². The lowest BCUT2D eigenvalue weighted by Gasteiger charge is -2.15. The topological polar surface area (TPSA) is 86.2 Å². The van der Waals surface area contributed by atoms with Crippen molar-refractivity contribution >= 4 is 26.8 Å². The van der Waals surface area contributed by atoms with Gasteiger partial charge in [-0.25, -0.2) is 18.4 Å². The lowest BCUT2D eigenvalue weighted by atomic mass is 10.2. The Labute approximate surface area is 135 Å². The molecule has 6 nitrogen and oxygen atoms in total. The minimum absolute atomic E-state index is 0.0968. The first-order valence-corrected chi connectivity index (χ1v) is 8.96. The fourth-order valence-electron chi connectivity index (χ4n) is 2.06. The highest BCUT2D eigenvalue weighted by Crippen LogP contribution is 2.15. The number of fused-ring (bicyclic) bond motifs is 1. The number of hydrogen-bond acceptors (Lipinski definition) is 6. The molecule has 0 bridgehead atoms. The molecule has 2 aromatic rings. The Kier molecular flexibility index (Phi) is 4.99. The molecule has 124 valence electrons. The second-order valence-electron chi connectivity index (χ2n) is 5.63. The smallest absolute Gasteiger partial charge is 0.324 e. The largest absolute Gasteiger partial charge is 0.458 e. The maximum absolute atomic E-state index is 12.0. The molecule has 1 aromatic heterocycles. The van der Waals surface area contributed by atoms with Gasteiger partial charge in [-0.2, -0.15) is 0 Å². The molecule has 1 aromatic carbocycles. The maximum Gasteiger partial charge on any atom is 0.324 e. The molecular formula is C16H20N2O4S. The summed E-state index contributed by atoms with van der Waals surface area (Å²) >= 11 is 0. The number of hydrogen-bond donors (Lipinski definition) is 0. The highest BCUT2D eigenvalue weighted by Gasteiger charge is 2.32. The monoisotopic (exact) mass is 336 g/mol. The van der Waals surface area contributed by atoms with Crippen LogP contribution in [0.1, 0.15) is 32.2 Å². The van der Waals surface area contributed by atoms with Gasteiger partial charge in [0.15, 0.2) is 15.1 Å². The van der Waals surface area contributed by atoms with Crippen LogP contribution in [0.3, 0.4) is 0 Å². The number of aryl methyl sites for hydroxylation is 1. The molecule has 1 heterocycles. The van der Waals surface area contributed by atoms with Crippen molar-refractivity contribution in [3.8, 4) is 0 Å². The lowest BCUT2D eigenvalue weighted by Crippen LogP contribution is -2.34. The van der Waals surface area contributed by atoms with Gasteiger partial charge in [-0.05, 0) is 39.8 Å². The highest BCUT2D eigenvalue weighted by molar-refractivity contribution is 7.93. The van der Waals surface area contributed by atoms with Crippen LogP contribution in [-0.2, 0) is 26.0 Å². The normalized spacial score (nSPS) is 13.3. The number of sulfone groups is 1. The summed E-state index contributed by atoms with van der Waals surface area (Å²) < 4.78 is 29.1. The first-order chi connectivity index (χ1) is 10.7. The average molecular weight is 336 g/mol. The molecule has 0 saturated heterocycles. The molecule has 0 unspecified atom stereocenters. The number of ether oxygens (including phenoxy) is 1. The minimum atomic E-state index is -3.54. The fraction of sp³-hybridized carbons (Fsp3) is 0.438. The molecule has 23 heavy (non-hydrogen) atoms. The number of aromatic nitrogens is 2. The molecule has 7 heteroatoms. The maximum atomic E-state index is 12.0. The minimum Gasteiger partial charge on any atom is -0.458 e. The van der Waals surface area contributed by atoms with Gasteiger partial charge in [0, 0.05) is 0 Å². The van der Waals surface area contributed by atoms with Crippen LogP contribution in [0, 0.1) is 6.92 Å². The number of para-hydroxylation sites is 2. The van der Waals surface area contributed by atoms with Crippen LogP contribution in [0.5, 0.6) is 0 Å². The Morgan fingerprint density at radius 3 is 2.26 bits per heavy atom. The summed E-state index contributed by atoms with van der Waals surface area (Å²) in [5.74, 6) is -0.770. The standard InChI is InChI=1S/C16H20N2O4S/c1-10(2)23(20,21)12(4)16(19)22-9-15-11(3)17-13-7-5-6-8-14(13)18-15/h5-8,10,12H,9H2,1-4H3/t12-/m1/s1. The zero-order chi connectivity index (χ0) is 17.2. The van der Waals surface area contributed by atoms with Crippen LogP contribution >= 0.6 is 0 Å². The molecule has 0 aliphatic heterocycles. The van der Waals surface area contributed by atoms with E-state index in [4.69, 9.17) is 4.74 Å². The van der Waals surface area contributed by atoms with Crippen molar-refractivity contribution in [2.45, 2.75) is 44.8 Å². The molecule has 0 fully saturated rings. The number of rotatable bonds is 5. The van der Waals surface area contributed by atoms with Crippen LogP contribution in [0.4, 0.5) is 0 Å². The van der Waals surface area contributed by atoms with E-state index in [0.717, 1.165) is 5.52 Å². The van der Waals surface area contributed by atoms with E-state index in [-0.39, 0.29) is 6.61 Å². The van der Waals surface area contributed by atoms with E-state index in [9.17, 15) is 13.2 Å². The number of carbonyl (C=O) groups is 1. The second-order valence-corrected chi connectivity index (χ2v) is 8.46. The summed E-state index contributed by atoms with van der Waals surface area (Å²) in [7, 11) is -3.54. The predicted octanol–water partition coefficient (Wildman–Crippen LogP) is 2.19. The molecule has 0 spiro atoms. The highest BCUT2D eigenvalue weighted by atomic mass is 32.2. The van der Waals surface area contributed by atoms with Crippen molar-refractivity contribution in [3.05, 3.63) is 35.7 Å². The predicted molar refractivity (Wildman–Crippen MR) is 87.6 cm³/mol. The third-order valence-corrected chi connectivity index (χ3v) is 6.17. The zero-order valence-corrected chi connectivity index (χ0v) is 14.4. The van der Waals surface area contributed by atoms with Gasteiger partial charge in [0.25, 0.3) is 0 Å². The molecular weight excluding hydrogens is 316 g/mol. The van der Waals surface area contributed by atoms with Gasteiger partial charge in [0.1, 0.15) is 6.61 Å². The lowest BCUT2D eigenvalue weighted by molar-refractivity contribution is -0.144. The van der Waals surface area contributed by atoms with Crippen molar-refractivity contribution < 1.29 is 17.9 Å².